The molecule has 0 aliphatic rings. The number of carbonyl (C=O) groups is 1. The lowest BCUT2D eigenvalue weighted by molar-refractivity contribution is 0.0162. The number of nitrogens with zero attached hydrogens (tertiary/aromatic N) is 3. The zero-order chi connectivity index (χ0) is 12.9. The Morgan fingerprint density at radius 3 is 1.44 bits per heavy atom. The topological polar surface area (TPSA) is 52.8 Å². The molecule has 0 spiro atoms. The van der Waals surface area contributed by atoms with E-state index in [-0.39, 0.29) is 18.4 Å². The summed E-state index contributed by atoms with van der Waals surface area (Å²) in [6.45, 7) is 4.12. The summed E-state index contributed by atoms with van der Waals surface area (Å²) in [6, 6.07) is -0.360. The van der Waals surface area contributed by atoms with Crippen LogP contribution in [0.4, 0.5) is 4.79 Å². The van der Waals surface area contributed by atoms with Crippen molar-refractivity contribution in [2.45, 2.75) is 39.0 Å². The van der Waals surface area contributed by atoms with Gasteiger partial charge < -0.3 is 5.73 Å². The lowest BCUT2D eigenvalue weighted by Crippen LogP contribution is -2.58. The second-order valence-electron chi connectivity index (χ2n) is 4.45. The Kier molecular flexibility index (Phi) is 6.36. The van der Waals surface area contributed by atoms with Crippen LogP contribution >= 0.6 is 0 Å². The van der Waals surface area contributed by atoms with Gasteiger partial charge in [-0.15, -0.1) is 0 Å². The average molecular weight is 230 g/mol. The van der Waals surface area contributed by atoms with Crippen LogP contribution in [0.5, 0.6) is 0 Å². The van der Waals surface area contributed by atoms with E-state index in [9.17, 15) is 4.79 Å². The zero-order valence-corrected chi connectivity index (χ0v) is 11.4. The fraction of sp³-hybridized carbons (Fsp3) is 0.909. The van der Waals surface area contributed by atoms with Crippen molar-refractivity contribution >= 4 is 6.03 Å². The van der Waals surface area contributed by atoms with Gasteiger partial charge in [-0.05, 0) is 41.0 Å². The summed E-state index contributed by atoms with van der Waals surface area (Å²) in [7, 11) is 7.86. The molecule has 0 aromatic carbocycles. The Morgan fingerprint density at radius 2 is 1.31 bits per heavy atom. The van der Waals surface area contributed by atoms with E-state index in [2.05, 4.69) is 13.8 Å². The molecular formula is C11H26N4O. The predicted octanol–water partition coefficient (Wildman–Crippen LogP) is 0.963. The number of primary amides is 1. The highest BCUT2D eigenvalue weighted by atomic mass is 16.2. The first kappa shape index (κ1) is 15.2. The van der Waals surface area contributed by atoms with E-state index in [0.29, 0.717) is 0 Å². The summed E-state index contributed by atoms with van der Waals surface area (Å²) in [5.74, 6) is 0. The van der Waals surface area contributed by atoms with Gasteiger partial charge in [-0.25, -0.2) is 4.79 Å². The molecule has 0 aromatic heterocycles. The second-order valence-corrected chi connectivity index (χ2v) is 4.45. The second kappa shape index (κ2) is 6.70. The van der Waals surface area contributed by atoms with Gasteiger partial charge in [-0.1, -0.05) is 13.8 Å². The summed E-state index contributed by atoms with van der Waals surface area (Å²) >= 11 is 0. The minimum absolute atomic E-state index is 0.0462. The Labute approximate surface area is 99.2 Å². The molecule has 0 aliphatic carbocycles. The van der Waals surface area contributed by atoms with Crippen LogP contribution < -0.4 is 5.73 Å². The molecule has 0 saturated heterocycles. The molecule has 0 radical (unpaired) electrons. The third-order valence-corrected chi connectivity index (χ3v) is 2.82. The highest BCUT2D eigenvalue weighted by Crippen LogP contribution is 2.15. The van der Waals surface area contributed by atoms with Crippen molar-refractivity contribution in [2.24, 2.45) is 5.73 Å². The molecule has 16 heavy (non-hydrogen) atoms. The van der Waals surface area contributed by atoms with E-state index in [0.717, 1.165) is 12.8 Å². The predicted molar refractivity (Wildman–Crippen MR) is 67.0 cm³/mol. The zero-order valence-electron chi connectivity index (χ0n) is 11.4. The van der Waals surface area contributed by atoms with E-state index in [4.69, 9.17) is 5.73 Å². The van der Waals surface area contributed by atoms with Crippen molar-refractivity contribution in [1.82, 2.24) is 14.7 Å². The van der Waals surface area contributed by atoms with E-state index >= 15 is 0 Å². The van der Waals surface area contributed by atoms with E-state index in [1.807, 2.05) is 38.0 Å². The van der Waals surface area contributed by atoms with Crippen LogP contribution in [0.15, 0.2) is 0 Å². The summed E-state index contributed by atoms with van der Waals surface area (Å²) in [5, 5.41) is 0. The van der Waals surface area contributed by atoms with Crippen LogP contribution in [0.3, 0.4) is 0 Å². The van der Waals surface area contributed by atoms with E-state index in [1.54, 1.807) is 4.90 Å². The third kappa shape index (κ3) is 3.64. The molecule has 2 amide bonds. The molecule has 5 heteroatoms. The van der Waals surface area contributed by atoms with Crippen LogP contribution in [-0.2, 0) is 0 Å². The SMILES string of the molecule is CCC(N(C)C)N(C(N)=O)C(CC)N(C)C. The molecule has 0 fully saturated rings. The fourth-order valence-corrected chi connectivity index (χ4v) is 2.11. The average Bonchev–Trinajstić information content (AvgIpc) is 2.16. The minimum Gasteiger partial charge on any atom is -0.351 e. The minimum atomic E-state index is -0.360. The van der Waals surface area contributed by atoms with Gasteiger partial charge in [0, 0.05) is 0 Å². The van der Waals surface area contributed by atoms with Gasteiger partial charge in [0.25, 0.3) is 0 Å². The lowest BCUT2D eigenvalue weighted by atomic mass is 10.2. The van der Waals surface area contributed by atoms with E-state index < -0.39 is 0 Å². The first-order valence-corrected chi connectivity index (χ1v) is 5.77. The first-order chi connectivity index (χ1) is 7.36. The molecule has 2 N–H and O–H groups in total. The van der Waals surface area contributed by atoms with Gasteiger partial charge in [0.05, 0.1) is 12.3 Å². The van der Waals surface area contributed by atoms with Crippen molar-refractivity contribution in [3.63, 3.8) is 0 Å². The van der Waals surface area contributed by atoms with Crippen molar-refractivity contribution < 1.29 is 4.79 Å². The number of amides is 2. The van der Waals surface area contributed by atoms with Crippen molar-refractivity contribution in [1.29, 1.82) is 0 Å². The molecule has 2 atom stereocenters. The fourth-order valence-electron chi connectivity index (χ4n) is 2.11. The monoisotopic (exact) mass is 230 g/mol. The highest BCUT2D eigenvalue weighted by molar-refractivity contribution is 5.72. The number of carbonyl (C=O) groups excluding carboxylic acids is 1. The largest absolute Gasteiger partial charge is 0.351 e. The van der Waals surface area contributed by atoms with Crippen LogP contribution in [-0.4, -0.2) is 61.3 Å². The number of urea groups is 1. The Hall–Kier alpha value is -0.810. The van der Waals surface area contributed by atoms with Gasteiger partial charge in [0.15, 0.2) is 0 Å². The van der Waals surface area contributed by atoms with Crippen LogP contribution in [0.1, 0.15) is 26.7 Å². The maximum atomic E-state index is 11.6. The summed E-state index contributed by atoms with van der Waals surface area (Å²) < 4.78 is 0. The Bertz CT molecular complexity index is 202. The normalized spacial score (nSPS) is 15.2. The summed E-state index contributed by atoms with van der Waals surface area (Å²) in [5.41, 5.74) is 5.50. The summed E-state index contributed by atoms with van der Waals surface area (Å²) in [4.78, 5) is 17.4. The van der Waals surface area contributed by atoms with Crippen molar-refractivity contribution in [3.8, 4) is 0 Å². The van der Waals surface area contributed by atoms with Crippen molar-refractivity contribution in [2.75, 3.05) is 28.2 Å². The smallest absolute Gasteiger partial charge is 0.317 e. The van der Waals surface area contributed by atoms with Gasteiger partial charge in [0.2, 0.25) is 0 Å². The number of hydrogen-bond acceptors (Lipinski definition) is 3. The summed E-state index contributed by atoms with van der Waals surface area (Å²) in [6.07, 6.45) is 1.82. The quantitative estimate of drug-likeness (QED) is 0.692. The molecule has 5 nitrogen and oxygen atoms in total. The Morgan fingerprint density at radius 1 is 1.00 bits per heavy atom. The number of hydrogen-bond donors (Lipinski definition) is 1. The molecule has 0 aromatic rings. The van der Waals surface area contributed by atoms with Crippen LogP contribution in [0, 0.1) is 0 Å². The lowest BCUT2D eigenvalue weighted by Gasteiger charge is -2.42. The molecule has 0 bridgehead atoms. The molecule has 0 aliphatic heterocycles. The van der Waals surface area contributed by atoms with E-state index in [1.165, 1.54) is 0 Å². The molecule has 0 rings (SSSR count). The first-order valence-electron chi connectivity index (χ1n) is 5.77. The van der Waals surface area contributed by atoms with Crippen LogP contribution in [0.2, 0.25) is 0 Å². The number of rotatable bonds is 6. The van der Waals surface area contributed by atoms with Crippen LogP contribution in [0.25, 0.3) is 0 Å². The van der Waals surface area contributed by atoms with Crippen molar-refractivity contribution in [3.05, 3.63) is 0 Å². The molecular weight excluding hydrogens is 204 g/mol. The third-order valence-electron chi connectivity index (χ3n) is 2.82. The van der Waals surface area contributed by atoms with Gasteiger partial charge in [-0.2, -0.15) is 0 Å². The van der Waals surface area contributed by atoms with Gasteiger partial charge in [-0.3, -0.25) is 14.7 Å². The molecule has 0 heterocycles. The highest BCUT2D eigenvalue weighted by Gasteiger charge is 2.29. The molecule has 2 unspecified atom stereocenters. The van der Waals surface area contributed by atoms with Gasteiger partial charge in [0.1, 0.15) is 0 Å². The molecule has 96 valence electrons. The van der Waals surface area contributed by atoms with Gasteiger partial charge >= 0.3 is 6.03 Å². The number of nitrogens with two attached hydrogens (primary N) is 1. The maximum Gasteiger partial charge on any atom is 0.317 e. The standard InChI is InChI=1S/C11H26N4O/c1-7-9(13(3)4)15(11(12)16)10(8-2)14(5)6/h9-10H,7-8H2,1-6H3,(H2,12,16). The maximum absolute atomic E-state index is 11.6. The Balaban J connectivity index is 5.03. The molecule has 0 saturated carbocycles.